The van der Waals surface area contributed by atoms with Gasteiger partial charge in [-0.1, -0.05) is 244 Å². The van der Waals surface area contributed by atoms with E-state index >= 15 is 0 Å². The third-order valence-corrected chi connectivity index (χ3v) is 12.8. The summed E-state index contributed by atoms with van der Waals surface area (Å²) in [5.41, 5.74) is 0. The molecule has 0 aliphatic carbocycles. The molecule has 0 aliphatic heterocycles. The van der Waals surface area contributed by atoms with Crippen LogP contribution in [0.4, 0.5) is 0 Å². The van der Waals surface area contributed by atoms with Gasteiger partial charge in [0, 0.05) is 12.8 Å². The number of carbonyl (C=O) groups is 2. The summed E-state index contributed by atoms with van der Waals surface area (Å²) >= 11 is 0. The number of nitrogens with one attached hydrogen (secondary N) is 1. The Labute approximate surface area is 386 Å². The fourth-order valence-electron chi connectivity index (χ4n) is 8.49. The second-order valence-electron chi connectivity index (χ2n) is 18.9. The second kappa shape index (κ2) is 52.0. The maximum absolute atomic E-state index is 12.4. The number of ether oxygens (including phenoxy) is 1. The number of rotatable bonds is 51. The van der Waals surface area contributed by atoms with Gasteiger partial charge in [-0.2, -0.15) is 0 Å². The Balaban J connectivity index is 3.46. The van der Waals surface area contributed by atoms with Crippen LogP contribution in [0.2, 0.25) is 0 Å². The van der Waals surface area contributed by atoms with Crippen molar-refractivity contribution in [2.24, 2.45) is 0 Å². The van der Waals surface area contributed by atoms with Crippen molar-refractivity contribution in [1.29, 1.82) is 0 Å². The van der Waals surface area contributed by atoms with E-state index in [2.05, 4.69) is 43.5 Å². The Bertz CT molecular complexity index is 966. The fourth-order valence-corrected chi connectivity index (χ4v) is 8.49. The first-order valence-electron chi connectivity index (χ1n) is 27.6. The molecule has 0 fully saturated rings. The molecule has 0 bridgehead atoms. The van der Waals surface area contributed by atoms with Gasteiger partial charge >= 0.3 is 5.97 Å². The van der Waals surface area contributed by atoms with Gasteiger partial charge in [0.25, 0.3) is 0 Å². The highest BCUT2D eigenvalue weighted by Gasteiger charge is 2.20. The molecule has 2 atom stereocenters. The lowest BCUT2D eigenvalue weighted by Crippen LogP contribution is -2.45. The number of hydrogen-bond acceptors (Lipinski definition) is 5. The van der Waals surface area contributed by atoms with Crippen LogP contribution in [0.15, 0.2) is 24.3 Å². The summed E-state index contributed by atoms with van der Waals surface area (Å²) in [4.78, 5) is 24.5. The minimum Gasteiger partial charge on any atom is -0.466 e. The zero-order valence-electron chi connectivity index (χ0n) is 41.6. The van der Waals surface area contributed by atoms with Gasteiger partial charge in [0.15, 0.2) is 0 Å². The number of allylic oxidation sites excluding steroid dienone is 4. The molecule has 3 N–H and O–H groups in total. The molecule has 2 unspecified atom stereocenters. The van der Waals surface area contributed by atoms with Gasteiger partial charge in [0.2, 0.25) is 5.91 Å². The molecule has 0 rings (SSSR count). The van der Waals surface area contributed by atoms with Crippen LogP contribution in [0.1, 0.15) is 296 Å². The first-order valence-corrected chi connectivity index (χ1v) is 27.6. The van der Waals surface area contributed by atoms with Crippen molar-refractivity contribution in [1.82, 2.24) is 5.32 Å². The van der Waals surface area contributed by atoms with Crippen LogP contribution in [0.5, 0.6) is 0 Å². The van der Waals surface area contributed by atoms with Crippen LogP contribution in [-0.2, 0) is 14.3 Å². The number of aliphatic hydroxyl groups excluding tert-OH is 2. The Hall–Kier alpha value is -1.66. The van der Waals surface area contributed by atoms with E-state index in [-0.39, 0.29) is 18.5 Å². The quantitative estimate of drug-likeness (QED) is 0.0321. The minimum absolute atomic E-state index is 0.0116. The summed E-state index contributed by atoms with van der Waals surface area (Å²) < 4.78 is 5.46. The molecule has 0 aromatic carbocycles. The van der Waals surface area contributed by atoms with Crippen LogP contribution >= 0.6 is 0 Å². The van der Waals surface area contributed by atoms with E-state index < -0.39 is 12.1 Å². The van der Waals surface area contributed by atoms with Gasteiger partial charge in [-0.3, -0.25) is 9.59 Å². The maximum atomic E-state index is 12.4. The van der Waals surface area contributed by atoms with Crippen molar-refractivity contribution in [3.63, 3.8) is 0 Å². The zero-order valence-corrected chi connectivity index (χ0v) is 41.6. The molecule has 0 aliphatic rings. The summed E-state index contributed by atoms with van der Waals surface area (Å²) in [5.74, 6) is -0.0636. The number of esters is 1. The van der Waals surface area contributed by atoms with Crippen molar-refractivity contribution in [3.05, 3.63) is 24.3 Å². The molecular weight excluding hydrogens is 767 g/mol. The molecular formula is C56H107NO5. The van der Waals surface area contributed by atoms with E-state index in [0.717, 1.165) is 83.5 Å². The minimum atomic E-state index is -0.673. The van der Waals surface area contributed by atoms with Gasteiger partial charge in [-0.15, -0.1) is 0 Å². The number of carbonyl (C=O) groups excluding carboxylic acids is 2. The van der Waals surface area contributed by atoms with Crippen molar-refractivity contribution < 1.29 is 24.5 Å². The summed E-state index contributed by atoms with van der Waals surface area (Å²) in [5, 5.41) is 23.1. The third-order valence-electron chi connectivity index (χ3n) is 12.8. The Morgan fingerprint density at radius 1 is 0.452 bits per heavy atom. The molecule has 6 nitrogen and oxygen atoms in total. The second-order valence-corrected chi connectivity index (χ2v) is 18.9. The SMILES string of the molecule is CCCCCCCCCCCCCCCCCCCC(=O)OCCCCC/C=C\C/C=C\CCCCCCCCCC(=O)NC(CO)C(O)CCCCCCCCCCCCC. The van der Waals surface area contributed by atoms with Crippen LogP contribution in [0, 0.1) is 0 Å². The number of unbranched alkanes of at least 4 members (excludes halogenated alkanes) is 36. The van der Waals surface area contributed by atoms with Gasteiger partial charge < -0.3 is 20.3 Å². The predicted octanol–water partition coefficient (Wildman–Crippen LogP) is 16.7. The van der Waals surface area contributed by atoms with E-state index in [1.807, 2.05) is 0 Å². The fraction of sp³-hybridized carbons (Fsp3) is 0.893. The normalized spacial score (nSPS) is 12.8. The molecule has 62 heavy (non-hydrogen) atoms. The van der Waals surface area contributed by atoms with Crippen molar-refractivity contribution >= 4 is 11.9 Å². The van der Waals surface area contributed by atoms with Crippen LogP contribution in [0.3, 0.4) is 0 Å². The first kappa shape index (κ1) is 60.3. The van der Waals surface area contributed by atoms with Gasteiger partial charge in [0.05, 0.1) is 25.4 Å². The van der Waals surface area contributed by atoms with Crippen LogP contribution < -0.4 is 5.32 Å². The van der Waals surface area contributed by atoms with Crippen LogP contribution in [-0.4, -0.2) is 47.4 Å². The number of amides is 1. The topological polar surface area (TPSA) is 95.9 Å². The van der Waals surface area contributed by atoms with E-state index in [9.17, 15) is 19.8 Å². The predicted molar refractivity (Wildman–Crippen MR) is 269 cm³/mol. The van der Waals surface area contributed by atoms with E-state index in [1.54, 1.807) is 0 Å². The third kappa shape index (κ3) is 47.8. The highest BCUT2D eigenvalue weighted by atomic mass is 16.5. The molecule has 0 aromatic heterocycles. The molecule has 0 heterocycles. The Kier molecular flexibility index (Phi) is 50.6. The lowest BCUT2D eigenvalue weighted by Gasteiger charge is -2.22. The summed E-state index contributed by atoms with van der Waals surface area (Å²) in [6.45, 7) is 4.91. The molecule has 0 aromatic rings. The largest absolute Gasteiger partial charge is 0.466 e. The van der Waals surface area contributed by atoms with Crippen molar-refractivity contribution in [2.75, 3.05) is 13.2 Å². The first-order chi connectivity index (χ1) is 30.5. The Morgan fingerprint density at radius 2 is 0.806 bits per heavy atom. The standard InChI is InChI=1S/C56H107NO5/c1-3-5-7-9-11-13-15-16-17-19-23-26-30-34-38-42-46-50-56(61)62-51-47-43-39-35-31-27-24-21-18-20-22-25-29-33-37-41-45-49-55(60)57-53(52-58)54(59)48-44-40-36-32-28-14-12-10-8-6-4-2/h18,21,27,31,53-54,58-59H,3-17,19-20,22-26,28-30,32-52H2,1-2H3,(H,57,60)/b21-18-,31-27-. The van der Waals surface area contributed by atoms with Gasteiger partial charge in [-0.25, -0.2) is 0 Å². The van der Waals surface area contributed by atoms with Crippen LogP contribution in [0.25, 0.3) is 0 Å². The van der Waals surface area contributed by atoms with E-state index in [0.29, 0.717) is 25.9 Å². The van der Waals surface area contributed by atoms with Crippen molar-refractivity contribution in [3.8, 4) is 0 Å². The molecule has 366 valence electrons. The average Bonchev–Trinajstić information content (AvgIpc) is 3.27. The monoisotopic (exact) mass is 874 g/mol. The molecule has 1 amide bonds. The van der Waals surface area contributed by atoms with Crippen molar-refractivity contribution in [2.45, 2.75) is 309 Å². The zero-order chi connectivity index (χ0) is 45.1. The number of aliphatic hydroxyl groups is 2. The number of hydrogen-bond donors (Lipinski definition) is 3. The summed E-state index contributed by atoms with van der Waals surface area (Å²) in [6.07, 6.45) is 61.6. The van der Waals surface area contributed by atoms with Gasteiger partial charge in [0.1, 0.15) is 0 Å². The summed E-state index contributed by atoms with van der Waals surface area (Å²) in [6, 6.07) is -0.552. The highest BCUT2D eigenvalue weighted by molar-refractivity contribution is 5.76. The Morgan fingerprint density at radius 3 is 1.23 bits per heavy atom. The van der Waals surface area contributed by atoms with E-state index in [4.69, 9.17) is 4.74 Å². The molecule has 0 radical (unpaired) electrons. The average molecular weight is 874 g/mol. The molecule has 0 saturated carbocycles. The lowest BCUT2D eigenvalue weighted by molar-refractivity contribution is -0.143. The summed E-state index contributed by atoms with van der Waals surface area (Å²) in [7, 11) is 0. The van der Waals surface area contributed by atoms with E-state index in [1.165, 1.54) is 180 Å². The molecule has 0 spiro atoms. The highest BCUT2D eigenvalue weighted by Crippen LogP contribution is 2.17. The smallest absolute Gasteiger partial charge is 0.305 e. The molecule has 6 heteroatoms. The maximum Gasteiger partial charge on any atom is 0.305 e. The van der Waals surface area contributed by atoms with Gasteiger partial charge in [-0.05, 0) is 64.2 Å². The lowest BCUT2D eigenvalue weighted by atomic mass is 10.0. The molecule has 0 saturated heterocycles.